The van der Waals surface area contributed by atoms with Gasteiger partial charge in [0.15, 0.2) is 5.82 Å². The maximum Gasteiger partial charge on any atom is 0.255 e. The second-order valence-electron chi connectivity index (χ2n) is 8.38. The maximum absolute atomic E-state index is 13.1. The average Bonchev–Trinajstić information content (AvgIpc) is 3.12. The van der Waals surface area contributed by atoms with Gasteiger partial charge in [-0.15, -0.1) is 24.8 Å². The summed E-state index contributed by atoms with van der Waals surface area (Å²) in [6.07, 6.45) is 3.25. The van der Waals surface area contributed by atoms with Crippen molar-refractivity contribution >= 4 is 24.8 Å². The fourth-order valence-electron chi connectivity index (χ4n) is 5.03. The van der Waals surface area contributed by atoms with E-state index < -0.39 is 0 Å². The smallest absolute Gasteiger partial charge is 0.255 e. The van der Waals surface area contributed by atoms with Gasteiger partial charge in [-0.2, -0.15) is 4.98 Å². The summed E-state index contributed by atoms with van der Waals surface area (Å²) in [5, 5.41) is 7.58. The Labute approximate surface area is 183 Å². The Morgan fingerprint density at radius 2 is 1.97 bits per heavy atom. The number of rotatable bonds is 3. The molecule has 2 saturated heterocycles. The van der Waals surface area contributed by atoms with Crippen molar-refractivity contribution in [3.05, 3.63) is 45.5 Å². The number of pyridine rings is 1. The molecule has 0 aromatic carbocycles. The minimum absolute atomic E-state index is 0. The number of aromatic nitrogens is 3. The molecule has 0 amide bonds. The molecule has 2 fully saturated rings. The zero-order valence-corrected chi connectivity index (χ0v) is 18.3. The number of hydrogen-bond acceptors (Lipinski definition) is 6. The van der Waals surface area contributed by atoms with Gasteiger partial charge in [-0.1, -0.05) is 11.2 Å². The van der Waals surface area contributed by atoms with Crippen LogP contribution in [0.15, 0.2) is 21.5 Å². The molecule has 2 aromatic heterocycles. The van der Waals surface area contributed by atoms with Crippen LogP contribution in [0.1, 0.15) is 54.1 Å². The van der Waals surface area contributed by atoms with E-state index in [0.717, 1.165) is 63.5 Å². The number of fused-ring (bicyclic) bond motifs is 4. The molecule has 29 heavy (non-hydrogen) atoms. The van der Waals surface area contributed by atoms with E-state index in [4.69, 9.17) is 4.52 Å². The van der Waals surface area contributed by atoms with E-state index in [2.05, 4.69) is 37.1 Å². The number of aryl methyl sites for hydroxylation is 1. The van der Waals surface area contributed by atoms with Crippen molar-refractivity contribution in [3.63, 3.8) is 0 Å². The molecule has 3 aliphatic heterocycles. The molecule has 9 heteroatoms. The van der Waals surface area contributed by atoms with Crippen LogP contribution >= 0.6 is 24.8 Å². The Morgan fingerprint density at radius 1 is 1.17 bits per heavy atom. The van der Waals surface area contributed by atoms with Gasteiger partial charge < -0.3 is 14.4 Å². The predicted molar refractivity (Wildman–Crippen MR) is 115 cm³/mol. The first-order valence-corrected chi connectivity index (χ1v) is 10.1. The average molecular weight is 442 g/mol. The SMILES string of the molecule is Cc1nc(C2CCN(Cc3ccc4n(c3=O)C[C@@H]3CNC[C@H]4C3)CC2)no1.Cl.Cl. The summed E-state index contributed by atoms with van der Waals surface area (Å²) in [7, 11) is 0. The van der Waals surface area contributed by atoms with Gasteiger partial charge in [0.05, 0.1) is 0 Å². The van der Waals surface area contributed by atoms with Gasteiger partial charge in [0.1, 0.15) is 0 Å². The summed E-state index contributed by atoms with van der Waals surface area (Å²) >= 11 is 0. The van der Waals surface area contributed by atoms with Crippen LogP contribution in [0, 0.1) is 12.8 Å². The fourth-order valence-corrected chi connectivity index (χ4v) is 5.03. The van der Waals surface area contributed by atoms with Gasteiger partial charge in [-0.3, -0.25) is 9.69 Å². The van der Waals surface area contributed by atoms with E-state index in [1.165, 1.54) is 12.1 Å². The molecular formula is C20H29Cl2N5O2. The summed E-state index contributed by atoms with van der Waals surface area (Å²) < 4.78 is 7.18. The van der Waals surface area contributed by atoms with Crippen LogP contribution in [0.4, 0.5) is 0 Å². The van der Waals surface area contributed by atoms with Crippen LogP contribution in [0.3, 0.4) is 0 Å². The van der Waals surface area contributed by atoms with Crippen molar-refractivity contribution in [2.24, 2.45) is 5.92 Å². The molecule has 0 saturated carbocycles. The van der Waals surface area contributed by atoms with E-state index >= 15 is 0 Å². The van der Waals surface area contributed by atoms with Crippen molar-refractivity contribution in [3.8, 4) is 0 Å². The molecule has 7 nitrogen and oxygen atoms in total. The summed E-state index contributed by atoms with van der Waals surface area (Å²) in [5.41, 5.74) is 2.37. The molecule has 0 radical (unpaired) electrons. The minimum atomic E-state index is 0. The van der Waals surface area contributed by atoms with Crippen LogP contribution in [0.2, 0.25) is 0 Å². The summed E-state index contributed by atoms with van der Waals surface area (Å²) in [4.78, 5) is 19.9. The molecule has 2 aromatic rings. The van der Waals surface area contributed by atoms with Crippen LogP contribution in [0.5, 0.6) is 0 Å². The quantitative estimate of drug-likeness (QED) is 0.787. The molecule has 2 atom stereocenters. The van der Waals surface area contributed by atoms with E-state index in [1.54, 1.807) is 0 Å². The van der Waals surface area contributed by atoms with Gasteiger partial charge in [-0.05, 0) is 50.9 Å². The van der Waals surface area contributed by atoms with Crippen LogP contribution in [0.25, 0.3) is 0 Å². The second kappa shape index (κ2) is 9.16. The molecule has 0 aliphatic carbocycles. The largest absolute Gasteiger partial charge is 0.340 e. The zero-order valence-electron chi connectivity index (χ0n) is 16.7. The van der Waals surface area contributed by atoms with Gasteiger partial charge in [0.25, 0.3) is 5.56 Å². The molecule has 3 aliphatic rings. The maximum atomic E-state index is 13.1. The highest BCUT2D eigenvalue weighted by molar-refractivity contribution is 5.85. The predicted octanol–water partition coefficient (Wildman–Crippen LogP) is 2.47. The van der Waals surface area contributed by atoms with Gasteiger partial charge in [0.2, 0.25) is 5.89 Å². The van der Waals surface area contributed by atoms with Gasteiger partial charge >= 0.3 is 0 Å². The first-order chi connectivity index (χ1) is 13.2. The second-order valence-corrected chi connectivity index (χ2v) is 8.38. The Kier molecular flexibility index (Phi) is 7.04. The molecule has 160 valence electrons. The van der Waals surface area contributed by atoms with E-state index in [1.807, 2.05) is 6.92 Å². The monoisotopic (exact) mass is 441 g/mol. The normalized spacial score (nSPS) is 24.3. The molecule has 5 heterocycles. The third-order valence-electron chi connectivity index (χ3n) is 6.48. The number of halogens is 2. The molecule has 1 N–H and O–H groups in total. The number of nitrogens with one attached hydrogen (secondary N) is 1. The van der Waals surface area contributed by atoms with Crippen LogP contribution in [-0.2, 0) is 13.1 Å². The van der Waals surface area contributed by atoms with E-state index in [9.17, 15) is 4.79 Å². The lowest BCUT2D eigenvalue weighted by Crippen LogP contribution is -2.45. The number of hydrogen-bond donors (Lipinski definition) is 1. The lowest BCUT2D eigenvalue weighted by molar-refractivity contribution is 0.198. The number of likely N-dealkylation sites (tertiary alicyclic amines) is 1. The standard InChI is InChI=1S/C20H27N5O2.2ClH/c1-13-22-19(23-27-13)15-4-6-24(7-5-15)12-16-2-3-18-17-8-14(9-21-10-17)11-25(18)20(16)26;;/h2-3,14-15,17,21H,4-12H2,1H3;2*1H/t14-,17+;;/m0../s1. The third-order valence-corrected chi connectivity index (χ3v) is 6.48. The zero-order chi connectivity index (χ0) is 18.4. The summed E-state index contributed by atoms with van der Waals surface area (Å²) in [6.45, 7) is 7.41. The Bertz CT molecular complexity index is 891. The van der Waals surface area contributed by atoms with Crippen LogP contribution < -0.4 is 10.9 Å². The highest BCUT2D eigenvalue weighted by atomic mass is 35.5. The van der Waals surface area contributed by atoms with Gasteiger partial charge in [0, 0.05) is 49.7 Å². The van der Waals surface area contributed by atoms with Crippen molar-refractivity contribution in [1.82, 2.24) is 24.9 Å². The summed E-state index contributed by atoms with van der Waals surface area (Å²) in [5.74, 6) is 2.93. The third kappa shape index (κ3) is 4.38. The highest BCUT2D eigenvalue weighted by Gasteiger charge is 2.31. The lowest BCUT2D eigenvalue weighted by Gasteiger charge is -2.38. The van der Waals surface area contributed by atoms with Crippen molar-refractivity contribution < 1.29 is 4.52 Å². The highest BCUT2D eigenvalue weighted by Crippen LogP contribution is 2.32. The minimum Gasteiger partial charge on any atom is -0.340 e. The lowest BCUT2D eigenvalue weighted by atomic mass is 9.84. The molecule has 0 unspecified atom stereocenters. The van der Waals surface area contributed by atoms with Crippen molar-refractivity contribution in [2.45, 2.75) is 51.1 Å². The fraction of sp³-hybridized carbons (Fsp3) is 0.650. The molecule has 2 bridgehead atoms. The van der Waals surface area contributed by atoms with Crippen LogP contribution in [-0.4, -0.2) is 45.8 Å². The van der Waals surface area contributed by atoms with E-state index in [-0.39, 0.29) is 30.4 Å². The number of piperidine rings is 2. The van der Waals surface area contributed by atoms with Crippen molar-refractivity contribution in [1.29, 1.82) is 0 Å². The Morgan fingerprint density at radius 3 is 2.69 bits per heavy atom. The first-order valence-electron chi connectivity index (χ1n) is 10.1. The van der Waals surface area contributed by atoms with Gasteiger partial charge in [-0.25, -0.2) is 0 Å². The molecule has 5 rings (SSSR count). The topological polar surface area (TPSA) is 76.2 Å². The summed E-state index contributed by atoms with van der Waals surface area (Å²) in [6, 6.07) is 4.26. The molecular weight excluding hydrogens is 413 g/mol. The first kappa shape index (κ1) is 22.3. The molecule has 0 spiro atoms. The van der Waals surface area contributed by atoms with Crippen molar-refractivity contribution in [2.75, 3.05) is 26.2 Å². The number of nitrogens with zero attached hydrogens (tertiary/aromatic N) is 4. The Hall–Kier alpha value is -1.41. The Balaban J connectivity index is 0.00000120. The van der Waals surface area contributed by atoms with E-state index in [0.29, 0.717) is 23.6 Å².